The first kappa shape index (κ1) is 14.2. The molecule has 4 nitrogen and oxygen atoms in total. The quantitative estimate of drug-likeness (QED) is 0.832. The summed E-state index contributed by atoms with van der Waals surface area (Å²) in [4.78, 5) is 16.5. The van der Waals surface area contributed by atoms with Crippen LogP contribution in [0, 0.1) is 24.6 Å². The van der Waals surface area contributed by atoms with E-state index in [-0.39, 0.29) is 18.0 Å². The van der Waals surface area contributed by atoms with Crippen molar-refractivity contribution in [2.75, 3.05) is 11.9 Å². The van der Waals surface area contributed by atoms with Crippen molar-refractivity contribution in [3.8, 4) is 11.8 Å². The van der Waals surface area contributed by atoms with Crippen LogP contribution in [0.4, 0.5) is 10.1 Å². The summed E-state index contributed by atoms with van der Waals surface area (Å²) in [7, 11) is 0. The van der Waals surface area contributed by atoms with Crippen molar-refractivity contribution in [2.45, 2.75) is 6.92 Å². The standard InChI is InChI=1S/C14H12FN3OS/c1-9-17-8-13(20-9)14(19)18-11-4-5-12(15)10(7-11)3-2-6-16/h4-5,7-8H,6,16H2,1H3,(H,18,19). The summed E-state index contributed by atoms with van der Waals surface area (Å²) in [5.74, 6) is 4.47. The lowest BCUT2D eigenvalue weighted by atomic mass is 10.2. The number of aromatic nitrogens is 1. The molecule has 3 N–H and O–H groups in total. The van der Waals surface area contributed by atoms with Crippen LogP contribution < -0.4 is 11.1 Å². The van der Waals surface area contributed by atoms with Crippen molar-refractivity contribution in [1.82, 2.24) is 4.98 Å². The summed E-state index contributed by atoms with van der Waals surface area (Å²) in [6.07, 6.45) is 1.51. The molecule has 0 unspecified atom stereocenters. The molecule has 1 aromatic heterocycles. The van der Waals surface area contributed by atoms with Gasteiger partial charge in [0.15, 0.2) is 0 Å². The second-order valence-corrected chi connectivity index (χ2v) is 5.13. The highest BCUT2D eigenvalue weighted by molar-refractivity contribution is 7.13. The lowest BCUT2D eigenvalue weighted by Gasteiger charge is -2.04. The van der Waals surface area contributed by atoms with Crippen LogP contribution in [-0.4, -0.2) is 17.4 Å². The van der Waals surface area contributed by atoms with E-state index in [9.17, 15) is 9.18 Å². The van der Waals surface area contributed by atoms with Crippen molar-refractivity contribution >= 4 is 22.9 Å². The molecule has 20 heavy (non-hydrogen) atoms. The molecular weight excluding hydrogens is 277 g/mol. The van der Waals surface area contributed by atoms with E-state index >= 15 is 0 Å². The monoisotopic (exact) mass is 289 g/mol. The minimum Gasteiger partial charge on any atom is -0.321 e. The maximum Gasteiger partial charge on any atom is 0.267 e. The molecule has 0 atom stereocenters. The van der Waals surface area contributed by atoms with E-state index in [1.54, 1.807) is 0 Å². The molecule has 0 fully saturated rings. The maximum absolute atomic E-state index is 13.5. The van der Waals surface area contributed by atoms with Gasteiger partial charge in [0.25, 0.3) is 5.91 Å². The summed E-state index contributed by atoms with van der Waals surface area (Å²) >= 11 is 1.29. The second-order valence-electron chi connectivity index (χ2n) is 3.90. The van der Waals surface area contributed by atoms with Gasteiger partial charge in [-0.1, -0.05) is 11.8 Å². The van der Waals surface area contributed by atoms with Crippen LogP contribution in [0.15, 0.2) is 24.4 Å². The number of nitrogens with two attached hydrogens (primary N) is 1. The molecule has 0 saturated carbocycles. The normalized spacial score (nSPS) is 9.75. The van der Waals surface area contributed by atoms with Crippen LogP contribution in [0.3, 0.4) is 0 Å². The molecule has 0 bridgehead atoms. The smallest absolute Gasteiger partial charge is 0.267 e. The van der Waals surface area contributed by atoms with Gasteiger partial charge in [0, 0.05) is 5.69 Å². The fourth-order valence-corrected chi connectivity index (χ4v) is 2.18. The molecule has 0 aliphatic carbocycles. The SMILES string of the molecule is Cc1ncc(C(=O)Nc2ccc(F)c(C#CCN)c2)s1. The summed E-state index contributed by atoms with van der Waals surface area (Å²) in [6.45, 7) is 1.97. The first-order chi connectivity index (χ1) is 9.60. The molecule has 0 saturated heterocycles. The Morgan fingerprint density at radius 1 is 1.55 bits per heavy atom. The number of aryl methyl sites for hydroxylation is 1. The van der Waals surface area contributed by atoms with Gasteiger partial charge in [0.2, 0.25) is 0 Å². The highest BCUT2D eigenvalue weighted by atomic mass is 32.1. The van der Waals surface area contributed by atoms with Crippen molar-refractivity contribution in [3.63, 3.8) is 0 Å². The average Bonchev–Trinajstić information content (AvgIpc) is 2.86. The van der Waals surface area contributed by atoms with Gasteiger partial charge in [-0.25, -0.2) is 9.37 Å². The number of nitrogens with one attached hydrogen (secondary N) is 1. The molecule has 0 radical (unpaired) electrons. The van der Waals surface area contributed by atoms with Gasteiger partial charge in [-0.15, -0.1) is 11.3 Å². The first-order valence-corrected chi connectivity index (χ1v) is 6.64. The van der Waals surface area contributed by atoms with Gasteiger partial charge in [-0.2, -0.15) is 0 Å². The van der Waals surface area contributed by atoms with E-state index in [0.717, 1.165) is 5.01 Å². The Kier molecular flexibility index (Phi) is 4.45. The molecule has 6 heteroatoms. The highest BCUT2D eigenvalue weighted by Gasteiger charge is 2.10. The van der Waals surface area contributed by atoms with Crippen molar-refractivity contribution < 1.29 is 9.18 Å². The summed E-state index contributed by atoms with van der Waals surface area (Å²) in [6, 6.07) is 4.21. The van der Waals surface area contributed by atoms with Gasteiger partial charge in [0.05, 0.1) is 23.3 Å². The van der Waals surface area contributed by atoms with Crippen LogP contribution in [0.1, 0.15) is 20.2 Å². The van der Waals surface area contributed by atoms with Gasteiger partial charge >= 0.3 is 0 Å². The molecule has 102 valence electrons. The number of rotatable bonds is 2. The Balaban J connectivity index is 2.19. The number of benzene rings is 1. The number of halogens is 1. The predicted octanol–water partition coefficient (Wildman–Crippen LogP) is 2.15. The highest BCUT2D eigenvalue weighted by Crippen LogP contribution is 2.17. The van der Waals surface area contributed by atoms with E-state index in [4.69, 9.17) is 5.73 Å². The molecule has 1 aromatic carbocycles. The minimum absolute atomic E-state index is 0.149. The zero-order valence-corrected chi connectivity index (χ0v) is 11.6. The third-order valence-electron chi connectivity index (χ3n) is 2.39. The molecule has 2 rings (SSSR count). The Morgan fingerprint density at radius 2 is 2.35 bits per heavy atom. The van der Waals surface area contributed by atoms with E-state index in [0.29, 0.717) is 10.6 Å². The Hall–Kier alpha value is -2.23. The largest absolute Gasteiger partial charge is 0.321 e. The average molecular weight is 289 g/mol. The van der Waals surface area contributed by atoms with Crippen LogP contribution in [-0.2, 0) is 0 Å². The zero-order valence-electron chi connectivity index (χ0n) is 10.7. The first-order valence-electron chi connectivity index (χ1n) is 5.82. The summed E-state index contributed by atoms with van der Waals surface area (Å²) in [5, 5.41) is 3.49. The molecule has 1 amide bonds. The Bertz CT molecular complexity index is 700. The minimum atomic E-state index is -0.447. The van der Waals surface area contributed by atoms with Crippen LogP contribution >= 0.6 is 11.3 Å². The van der Waals surface area contributed by atoms with Crippen LogP contribution in [0.2, 0.25) is 0 Å². The molecule has 0 spiro atoms. The number of nitrogens with zero attached hydrogens (tertiary/aromatic N) is 1. The molecule has 1 heterocycles. The number of amides is 1. The lowest BCUT2D eigenvalue weighted by molar-refractivity contribution is 0.103. The number of carbonyl (C=O) groups excluding carboxylic acids is 1. The number of hydrogen-bond acceptors (Lipinski definition) is 4. The van der Waals surface area contributed by atoms with Gasteiger partial charge < -0.3 is 11.1 Å². The molecule has 0 aliphatic rings. The van der Waals surface area contributed by atoms with Gasteiger partial charge in [-0.3, -0.25) is 4.79 Å². The topological polar surface area (TPSA) is 68.0 Å². The van der Waals surface area contributed by atoms with E-state index in [1.807, 2.05) is 6.92 Å². The number of hydrogen-bond donors (Lipinski definition) is 2. The van der Waals surface area contributed by atoms with Crippen molar-refractivity contribution in [1.29, 1.82) is 0 Å². The molecule has 0 aliphatic heterocycles. The molecule has 2 aromatic rings. The predicted molar refractivity (Wildman–Crippen MR) is 77.1 cm³/mol. The van der Waals surface area contributed by atoms with Crippen LogP contribution in [0.25, 0.3) is 0 Å². The summed E-state index contributed by atoms with van der Waals surface area (Å²) in [5.41, 5.74) is 5.93. The van der Waals surface area contributed by atoms with Crippen LogP contribution in [0.5, 0.6) is 0 Å². The van der Waals surface area contributed by atoms with E-state index < -0.39 is 5.82 Å². The fraction of sp³-hybridized carbons (Fsp3) is 0.143. The van der Waals surface area contributed by atoms with Crippen molar-refractivity contribution in [2.24, 2.45) is 5.73 Å². The maximum atomic E-state index is 13.5. The number of carbonyl (C=O) groups is 1. The lowest BCUT2D eigenvalue weighted by Crippen LogP contribution is -2.10. The Morgan fingerprint density at radius 3 is 3.00 bits per heavy atom. The van der Waals surface area contributed by atoms with E-state index in [1.165, 1.54) is 35.7 Å². The molecular formula is C14H12FN3OS. The Labute approximate surface area is 119 Å². The van der Waals surface area contributed by atoms with Crippen molar-refractivity contribution in [3.05, 3.63) is 45.7 Å². The second kappa shape index (κ2) is 6.28. The summed E-state index contributed by atoms with van der Waals surface area (Å²) < 4.78 is 13.5. The number of thiazole rings is 1. The van der Waals surface area contributed by atoms with Gasteiger partial charge in [-0.05, 0) is 25.1 Å². The third kappa shape index (κ3) is 3.41. The number of anilines is 1. The van der Waals surface area contributed by atoms with E-state index in [2.05, 4.69) is 22.1 Å². The van der Waals surface area contributed by atoms with Gasteiger partial charge in [0.1, 0.15) is 10.7 Å². The fourth-order valence-electron chi connectivity index (χ4n) is 1.50. The third-order valence-corrected chi connectivity index (χ3v) is 3.31. The zero-order chi connectivity index (χ0) is 14.5.